The minimum Gasteiger partial charge on any atom is -0.493 e. The normalized spacial score (nSPS) is 17.5. The van der Waals surface area contributed by atoms with Crippen molar-refractivity contribution in [3.63, 3.8) is 0 Å². The summed E-state index contributed by atoms with van der Waals surface area (Å²) in [6, 6.07) is 8.94. The van der Waals surface area contributed by atoms with Gasteiger partial charge >= 0.3 is 0 Å². The molecule has 1 aliphatic rings. The van der Waals surface area contributed by atoms with Crippen LogP contribution in [0, 0.1) is 0 Å². The van der Waals surface area contributed by atoms with Gasteiger partial charge in [0.15, 0.2) is 0 Å². The molecule has 0 radical (unpaired) electrons. The van der Waals surface area contributed by atoms with Crippen molar-refractivity contribution in [2.75, 3.05) is 13.7 Å². The Morgan fingerprint density at radius 3 is 3.05 bits per heavy atom. The summed E-state index contributed by atoms with van der Waals surface area (Å²) in [5.74, 6) is 1.05. The maximum atomic E-state index is 6.06. The summed E-state index contributed by atoms with van der Waals surface area (Å²) < 4.78 is 7.96. The molecule has 1 aromatic heterocycles. The Labute approximate surface area is 126 Å². The first kappa shape index (κ1) is 14.1. The van der Waals surface area contributed by atoms with Gasteiger partial charge < -0.3 is 10.1 Å². The van der Waals surface area contributed by atoms with Crippen molar-refractivity contribution in [2.24, 2.45) is 7.05 Å². The minimum atomic E-state index is 0.467. The van der Waals surface area contributed by atoms with Gasteiger partial charge in [-0.05, 0) is 49.6 Å². The Morgan fingerprint density at radius 1 is 1.38 bits per heavy atom. The molecule has 1 atom stereocenters. The van der Waals surface area contributed by atoms with Crippen LogP contribution in [0.5, 0.6) is 5.75 Å². The fraction of sp³-hybridized carbons (Fsp3) is 0.471. The van der Waals surface area contributed by atoms with E-state index in [1.54, 1.807) is 0 Å². The van der Waals surface area contributed by atoms with Crippen molar-refractivity contribution in [2.45, 2.75) is 31.7 Å². The van der Waals surface area contributed by atoms with Crippen molar-refractivity contribution in [1.82, 2.24) is 15.1 Å². The second-order valence-corrected chi connectivity index (χ2v) is 5.60. The molecule has 0 saturated heterocycles. The summed E-state index contributed by atoms with van der Waals surface area (Å²) >= 11 is 0. The highest BCUT2D eigenvalue weighted by Crippen LogP contribution is 2.35. The first-order valence-corrected chi connectivity index (χ1v) is 7.68. The number of benzene rings is 1. The molecule has 4 nitrogen and oxygen atoms in total. The van der Waals surface area contributed by atoms with Gasteiger partial charge in [0.1, 0.15) is 5.75 Å². The summed E-state index contributed by atoms with van der Waals surface area (Å²) in [7, 11) is 4.01. The molecule has 1 unspecified atom stereocenters. The smallest absolute Gasteiger partial charge is 0.122 e. The molecule has 0 bridgehead atoms. The largest absolute Gasteiger partial charge is 0.493 e. The number of fused-ring (bicyclic) bond motifs is 1. The van der Waals surface area contributed by atoms with Crippen molar-refractivity contribution in [1.29, 1.82) is 0 Å². The SMILES string of the molecule is CNC1CCCc2c(OCCc3ccnn3C)cccc21. The van der Waals surface area contributed by atoms with E-state index in [4.69, 9.17) is 4.74 Å². The van der Waals surface area contributed by atoms with Crippen LogP contribution in [-0.4, -0.2) is 23.4 Å². The zero-order valence-corrected chi connectivity index (χ0v) is 12.8. The van der Waals surface area contributed by atoms with Gasteiger partial charge in [-0.25, -0.2) is 0 Å². The van der Waals surface area contributed by atoms with Gasteiger partial charge in [-0.3, -0.25) is 4.68 Å². The van der Waals surface area contributed by atoms with E-state index in [0.29, 0.717) is 12.6 Å². The third-order valence-corrected chi connectivity index (χ3v) is 4.35. The maximum Gasteiger partial charge on any atom is 0.122 e. The van der Waals surface area contributed by atoms with E-state index in [1.807, 2.05) is 31.0 Å². The Bertz CT molecular complexity index is 606. The Kier molecular flexibility index (Phi) is 4.25. The lowest BCUT2D eigenvalue weighted by atomic mass is 9.87. The quantitative estimate of drug-likeness (QED) is 0.918. The monoisotopic (exact) mass is 285 g/mol. The number of aryl methyl sites for hydroxylation is 1. The number of hydrogen-bond acceptors (Lipinski definition) is 3. The summed E-state index contributed by atoms with van der Waals surface area (Å²) in [6.07, 6.45) is 6.27. The molecule has 112 valence electrons. The van der Waals surface area contributed by atoms with Gasteiger partial charge in [-0.1, -0.05) is 12.1 Å². The fourth-order valence-corrected chi connectivity index (χ4v) is 3.16. The molecule has 1 heterocycles. The average molecular weight is 285 g/mol. The van der Waals surface area contributed by atoms with E-state index in [-0.39, 0.29) is 0 Å². The molecule has 3 rings (SSSR count). The zero-order valence-electron chi connectivity index (χ0n) is 12.8. The average Bonchev–Trinajstić information content (AvgIpc) is 2.92. The highest BCUT2D eigenvalue weighted by molar-refractivity contribution is 5.43. The molecule has 2 aromatic rings. The van der Waals surface area contributed by atoms with Crippen LogP contribution in [-0.2, 0) is 19.9 Å². The second kappa shape index (κ2) is 6.31. The molecular weight excluding hydrogens is 262 g/mol. The van der Waals surface area contributed by atoms with Crippen LogP contribution in [0.4, 0.5) is 0 Å². The number of aromatic nitrogens is 2. The lowest BCUT2D eigenvalue weighted by molar-refractivity contribution is 0.312. The van der Waals surface area contributed by atoms with Crippen molar-refractivity contribution < 1.29 is 4.74 Å². The molecule has 4 heteroatoms. The van der Waals surface area contributed by atoms with Crippen LogP contribution in [0.15, 0.2) is 30.5 Å². The maximum absolute atomic E-state index is 6.06. The third kappa shape index (κ3) is 2.95. The molecule has 0 fully saturated rings. The standard InChI is InChI=1S/C17H23N3O/c1-18-16-7-3-6-15-14(16)5-4-8-17(15)21-12-10-13-9-11-19-20(13)2/h4-5,8-9,11,16,18H,3,6-7,10,12H2,1-2H3. The molecule has 0 saturated carbocycles. The minimum absolute atomic E-state index is 0.467. The summed E-state index contributed by atoms with van der Waals surface area (Å²) in [4.78, 5) is 0. The lowest BCUT2D eigenvalue weighted by Crippen LogP contribution is -2.22. The number of rotatable bonds is 5. The molecule has 21 heavy (non-hydrogen) atoms. The van der Waals surface area contributed by atoms with Gasteiger partial charge in [0.05, 0.1) is 6.61 Å². The van der Waals surface area contributed by atoms with Crippen molar-refractivity contribution in [3.8, 4) is 5.75 Å². The van der Waals surface area contributed by atoms with Crippen LogP contribution in [0.1, 0.15) is 35.7 Å². The topological polar surface area (TPSA) is 39.1 Å². The van der Waals surface area contributed by atoms with E-state index in [2.05, 4.69) is 28.6 Å². The van der Waals surface area contributed by atoms with Crippen LogP contribution in [0.3, 0.4) is 0 Å². The second-order valence-electron chi connectivity index (χ2n) is 5.60. The van der Waals surface area contributed by atoms with E-state index >= 15 is 0 Å². The molecule has 0 spiro atoms. The van der Waals surface area contributed by atoms with E-state index in [9.17, 15) is 0 Å². The van der Waals surface area contributed by atoms with Crippen molar-refractivity contribution >= 4 is 0 Å². The Morgan fingerprint density at radius 2 is 2.29 bits per heavy atom. The molecule has 1 aromatic carbocycles. The summed E-state index contributed by atoms with van der Waals surface area (Å²) in [5.41, 5.74) is 3.99. The lowest BCUT2D eigenvalue weighted by Gasteiger charge is -2.26. The third-order valence-electron chi connectivity index (χ3n) is 4.35. The van der Waals surface area contributed by atoms with Gasteiger partial charge in [0.25, 0.3) is 0 Å². The molecular formula is C17H23N3O. The number of ether oxygens (including phenoxy) is 1. The Hall–Kier alpha value is -1.81. The molecule has 1 aliphatic carbocycles. The molecule has 0 aliphatic heterocycles. The fourth-order valence-electron chi connectivity index (χ4n) is 3.16. The first-order valence-electron chi connectivity index (χ1n) is 7.68. The number of hydrogen-bond donors (Lipinski definition) is 1. The molecule has 0 amide bonds. The first-order chi connectivity index (χ1) is 10.3. The Balaban J connectivity index is 1.70. The van der Waals surface area contributed by atoms with Crippen molar-refractivity contribution in [3.05, 3.63) is 47.3 Å². The summed E-state index contributed by atoms with van der Waals surface area (Å²) in [5, 5.41) is 7.59. The van der Waals surface area contributed by atoms with E-state index in [1.165, 1.54) is 29.7 Å². The number of nitrogens with zero attached hydrogens (tertiary/aromatic N) is 2. The van der Waals surface area contributed by atoms with Gasteiger partial charge in [0, 0.05) is 31.4 Å². The van der Waals surface area contributed by atoms with Crippen LogP contribution >= 0.6 is 0 Å². The highest BCUT2D eigenvalue weighted by atomic mass is 16.5. The van der Waals surface area contributed by atoms with E-state index < -0.39 is 0 Å². The van der Waals surface area contributed by atoms with Crippen LogP contribution in [0.25, 0.3) is 0 Å². The zero-order chi connectivity index (χ0) is 14.7. The number of nitrogens with one attached hydrogen (secondary N) is 1. The highest BCUT2D eigenvalue weighted by Gasteiger charge is 2.21. The van der Waals surface area contributed by atoms with Gasteiger partial charge in [-0.15, -0.1) is 0 Å². The van der Waals surface area contributed by atoms with Crippen LogP contribution < -0.4 is 10.1 Å². The predicted octanol–water partition coefficient (Wildman–Crippen LogP) is 2.64. The predicted molar refractivity (Wildman–Crippen MR) is 83.6 cm³/mol. The van der Waals surface area contributed by atoms with Gasteiger partial charge in [0.2, 0.25) is 0 Å². The van der Waals surface area contributed by atoms with Gasteiger partial charge in [-0.2, -0.15) is 5.10 Å². The molecule has 1 N–H and O–H groups in total. The van der Waals surface area contributed by atoms with Crippen LogP contribution in [0.2, 0.25) is 0 Å². The summed E-state index contributed by atoms with van der Waals surface area (Å²) in [6.45, 7) is 0.695. The van der Waals surface area contributed by atoms with E-state index in [0.717, 1.165) is 18.6 Å².